The standard InChI is InChI=1S/C18H28N6O/c1-4-10-19-18(20-11-12-24-14-22-23-17(24)5-2)21-13-15-6-8-16(25-3)9-7-15/h6-9,14H,4-5,10-13H2,1-3H3,(H2,19,20,21). The molecule has 0 aliphatic rings. The molecule has 0 saturated heterocycles. The van der Waals surface area contributed by atoms with E-state index >= 15 is 0 Å². The van der Waals surface area contributed by atoms with Gasteiger partial charge in [-0.3, -0.25) is 0 Å². The summed E-state index contributed by atoms with van der Waals surface area (Å²) >= 11 is 0. The second-order valence-electron chi connectivity index (χ2n) is 5.66. The highest BCUT2D eigenvalue weighted by atomic mass is 16.5. The largest absolute Gasteiger partial charge is 0.497 e. The lowest BCUT2D eigenvalue weighted by Gasteiger charge is -2.13. The molecule has 1 aromatic heterocycles. The fourth-order valence-corrected chi connectivity index (χ4v) is 2.35. The molecule has 2 N–H and O–H groups in total. The van der Waals surface area contributed by atoms with Crippen molar-refractivity contribution >= 4 is 5.96 Å². The molecule has 0 atom stereocenters. The lowest BCUT2D eigenvalue weighted by Crippen LogP contribution is -2.39. The first kappa shape index (κ1) is 18.8. The zero-order valence-corrected chi connectivity index (χ0v) is 15.3. The Labute approximate surface area is 149 Å². The number of nitrogens with zero attached hydrogens (tertiary/aromatic N) is 4. The summed E-state index contributed by atoms with van der Waals surface area (Å²) in [4.78, 5) is 4.66. The number of benzene rings is 1. The molecular weight excluding hydrogens is 316 g/mol. The molecule has 0 amide bonds. The fraction of sp³-hybridized carbons (Fsp3) is 0.500. The van der Waals surface area contributed by atoms with Gasteiger partial charge in [-0.1, -0.05) is 26.0 Å². The Morgan fingerprint density at radius 2 is 1.92 bits per heavy atom. The lowest BCUT2D eigenvalue weighted by atomic mass is 10.2. The van der Waals surface area contributed by atoms with Crippen LogP contribution in [0.25, 0.3) is 0 Å². The highest BCUT2D eigenvalue weighted by molar-refractivity contribution is 5.79. The van der Waals surface area contributed by atoms with Crippen molar-refractivity contribution in [1.29, 1.82) is 0 Å². The molecule has 1 aromatic carbocycles. The topological polar surface area (TPSA) is 76.4 Å². The predicted octanol–water partition coefficient (Wildman–Crippen LogP) is 1.99. The molecule has 1 heterocycles. The number of aryl methyl sites for hydroxylation is 1. The van der Waals surface area contributed by atoms with Gasteiger partial charge in [0, 0.05) is 26.1 Å². The molecule has 0 saturated carbocycles. The summed E-state index contributed by atoms with van der Waals surface area (Å²) in [5.41, 5.74) is 1.14. The first-order valence-corrected chi connectivity index (χ1v) is 8.78. The Hall–Kier alpha value is -2.57. The summed E-state index contributed by atoms with van der Waals surface area (Å²) in [5.74, 6) is 2.68. The van der Waals surface area contributed by atoms with Gasteiger partial charge in [-0.05, 0) is 24.1 Å². The molecule has 25 heavy (non-hydrogen) atoms. The van der Waals surface area contributed by atoms with Crippen LogP contribution in [0.4, 0.5) is 0 Å². The number of nitrogens with one attached hydrogen (secondary N) is 2. The van der Waals surface area contributed by atoms with Gasteiger partial charge in [0.25, 0.3) is 0 Å². The first-order valence-electron chi connectivity index (χ1n) is 8.78. The summed E-state index contributed by atoms with van der Waals surface area (Å²) in [6, 6.07) is 7.97. The first-order chi connectivity index (χ1) is 12.3. The summed E-state index contributed by atoms with van der Waals surface area (Å²) in [6.45, 7) is 7.31. The van der Waals surface area contributed by atoms with Crippen molar-refractivity contribution in [2.45, 2.75) is 39.8 Å². The lowest BCUT2D eigenvalue weighted by molar-refractivity contribution is 0.414. The van der Waals surface area contributed by atoms with Gasteiger partial charge in [0.15, 0.2) is 5.96 Å². The van der Waals surface area contributed by atoms with E-state index in [9.17, 15) is 0 Å². The molecule has 7 nitrogen and oxygen atoms in total. The molecule has 136 valence electrons. The van der Waals surface area contributed by atoms with Gasteiger partial charge in [-0.2, -0.15) is 0 Å². The SMILES string of the molecule is CCCNC(=NCc1ccc(OC)cc1)NCCn1cnnc1CC. The molecule has 7 heteroatoms. The van der Waals surface area contributed by atoms with Crippen LogP contribution in [-0.4, -0.2) is 40.9 Å². The van der Waals surface area contributed by atoms with Gasteiger partial charge in [-0.15, -0.1) is 10.2 Å². The van der Waals surface area contributed by atoms with Crippen LogP contribution in [0.15, 0.2) is 35.6 Å². The van der Waals surface area contributed by atoms with Crippen molar-refractivity contribution in [1.82, 2.24) is 25.4 Å². The van der Waals surface area contributed by atoms with Gasteiger partial charge >= 0.3 is 0 Å². The molecule has 0 aliphatic carbocycles. The quantitative estimate of drug-likeness (QED) is 0.537. The van der Waals surface area contributed by atoms with E-state index in [1.54, 1.807) is 13.4 Å². The predicted molar refractivity (Wildman–Crippen MR) is 99.8 cm³/mol. The third kappa shape index (κ3) is 6.10. The van der Waals surface area contributed by atoms with E-state index in [2.05, 4.69) is 44.2 Å². The van der Waals surface area contributed by atoms with Crippen molar-refractivity contribution in [3.63, 3.8) is 0 Å². The fourth-order valence-electron chi connectivity index (χ4n) is 2.35. The van der Waals surface area contributed by atoms with Gasteiger partial charge in [0.05, 0.1) is 13.7 Å². The molecular formula is C18H28N6O. The number of hydrogen-bond donors (Lipinski definition) is 2. The van der Waals surface area contributed by atoms with Gasteiger partial charge in [0.2, 0.25) is 0 Å². The van der Waals surface area contributed by atoms with Gasteiger partial charge in [-0.25, -0.2) is 4.99 Å². The third-order valence-electron chi connectivity index (χ3n) is 3.78. The zero-order chi connectivity index (χ0) is 17.9. The normalized spacial score (nSPS) is 11.4. The van der Waals surface area contributed by atoms with Crippen LogP contribution in [0.1, 0.15) is 31.7 Å². The molecule has 0 aliphatic heterocycles. The minimum Gasteiger partial charge on any atom is -0.497 e. The van der Waals surface area contributed by atoms with E-state index in [1.807, 2.05) is 24.3 Å². The number of methoxy groups -OCH3 is 1. The minimum atomic E-state index is 0.621. The number of rotatable bonds is 9. The van der Waals surface area contributed by atoms with Crippen LogP contribution in [0.5, 0.6) is 5.75 Å². The number of aliphatic imine (C=N–C) groups is 1. The van der Waals surface area contributed by atoms with E-state index in [0.29, 0.717) is 6.54 Å². The van der Waals surface area contributed by atoms with Crippen LogP contribution in [0, 0.1) is 0 Å². The van der Waals surface area contributed by atoms with Crippen LogP contribution in [0.3, 0.4) is 0 Å². The molecule has 2 aromatic rings. The number of ether oxygens (including phenoxy) is 1. The number of guanidine groups is 1. The van der Waals surface area contributed by atoms with Crippen molar-refractivity contribution in [3.8, 4) is 5.75 Å². The molecule has 0 spiro atoms. The second kappa shape index (κ2) is 10.3. The number of aromatic nitrogens is 3. The Balaban J connectivity index is 1.89. The Bertz CT molecular complexity index is 650. The second-order valence-corrected chi connectivity index (χ2v) is 5.66. The van der Waals surface area contributed by atoms with Crippen LogP contribution < -0.4 is 15.4 Å². The maximum Gasteiger partial charge on any atom is 0.191 e. The van der Waals surface area contributed by atoms with Crippen molar-refractivity contribution in [2.24, 2.45) is 4.99 Å². The molecule has 0 radical (unpaired) electrons. The zero-order valence-electron chi connectivity index (χ0n) is 15.3. The maximum absolute atomic E-state index is 5.18. The summed E-state index contributed by atoms with van der Waals surface area (Å²) in [5, 5.41) is 14.8. The van der Waals surface area contributed by atoms with E-state index < -0.39 is 0 Å². The molecule has 2 rings (SSSR count). The maximum atomic E-state index is 5.18. The van der Waals surface area contributed by atoms with Crippen LogP contribution >= 0.6 is 0 Å². The van der Waals surface area contributed by atoms with E-state index in [1.165, 1.54) is 0 Å². The van der Waals surface area contributed by atoms with Crippen molar-refractivity contribution in [2.75, 3.05) is 20.2 Å². The van der Waals surface area contributed by atoms with Gasteiger partial charge < -0.3 is 19.9 Å². The molecule has 0 unspecified atom stereocenters. The van der Waals surface area contributed by atoms with Crippen molar-refractivity contribution in [3.05, 3.63) is 42.0 Å². The Morgan fingerprint density at radius 1 is 1.16 bits per heavy atom. The highest BCUT2D eigenvalue weighted by Crippen LogP contribution is 2.11. The highest BCUT2D eigenvalue weighted by Gasteiger charge is 2.02. The molecule has 0 fully saturated rings. The summed E-state index contributed by atoms with van der Waals surface area (Å²) in [6.07, 6.45) is 3.70. The van der Waals surface area contributed by atoms with E-state index in [0.717, 1.165) is 55.6 Å². The Kier molecular flexibility index (Phi) is 7.75. The minimum absolute atomic E-state index is 0.621. The average molecular weight is 344 g/mol. The van der Waals surface area contributed by atoms with Crippen molar-refractivity contribution < 1.29 is 4.74 Å². The summed E-state index contributed by atoms with van der Waals surface area (Å²) < 4.78 is 7.25. The molecule has 0 bridgehead atoms. The smallest absolute Gasteiger partial charge is 0.191 e. The third-order valence-corrected chi connectivity index (χ3v) is 3.78. The Morgan fingerprint density at radius 3 is 2.60 bits per heavy atom. The summed E-state index contributed by atoms with van der Waals surface area (Å²) in [7, 11) is 1.67. The van der Waals surface area contributed by atoms with E-state index in [4.69, 9.17) is 4.74 Å². The van der Waals surface area contributed by atoms with Gasteiger partial charge in [0.1, 0.15) is 17.9 Å². The average Bonchev–Trinajstić information content (AvgIpc) is 3.11. The van der Waals surface area contributed by atoms with Crippen LogP contribution in [0.2, 0.25) is 0 Å². The van der Waals surface area contributed by atoms with E-state index in [-0.39, 0.29) is 0 Å². The monoisotopic (exact) mass is 344 g/mol. The van der Waals surface area contributed by atoms with Crippen LogP contribution in [-0.2, 0) is 19.5 Å². The number of hydrogen-bond acceptors (Lipinski definition) is 4.